The number of para-hydroxylation sites is 2. The fourth-order valence-corrected chi connectivity index (χ4v) is 9.10. The molecule has 238 valence electrons. The molecule has 0 fully saturated rings. The zero-order valence-electron chi connectivity index (χ0n) is 27.4. The Kier molecular flexibility index (Phi) is 6.12. The summed E-state index contributed by atoms with van der Waals surface area (Å²) in [5, 5.41) is 7.35. The summed E-state index contributed by atoms with van der Waals surface area (Å²) in [4.78, 5) is 5.10. The van der Waals surface area contributed by atoms with Crippen molar-refractivity contribution in [2.45, 2.75) is 0 Å². The van der Waals surface area contributed by atoms with E-state index in [9.17, 15) is 0 Å². The van der Waals surface area contributed by atoms with Crippen molar-refractivity contribution in [2.24, 2.45) is 0 Å². The Bertz CT molecular complexity index is 3060. The minimum Gasteiger partial charge on any atom is -0.454 e. The Morgan fingerprint density at radius 3 is 1.80 bits per heavy atom. The number of rotatable bonds is 4. The summed E-state index contributed by atoms with van der Waals surface area (Å²) in [7, 11) is 0. The molecule has 0 N–H and O–H groups in total. The third-order valence-electron chi connectivity index (χ3n) is 10.2. The van der Waals surface area contributed by atoms with Gasteiger partial charge < -0.3 is 8.98 Å². The molecule has 11 aromatic rings. The smallest absolute Gasteiger partial charge is 0.155 e. The Balaban J connectivity index is 1.18. The van der Waals surface area contributed by atoms with E-state index in [1.54, 1.807) is 0 Å². The van der Waals surface area contributed by atoms with Crippen molar-refractivity contribution in [1.82, 2.24) is 9.55 Å². The van der Waals surface area contributed by atoms with Crippen LogP contribution in [0.1, 0.15) is 0 Å². The summed E-state index contributed by atoms with van der Waals surface area (Å²) in [6.45, 7) is 0. The van der Waals surface area contributed by atoms with Crippen LogP contribution in [0.25, 0.3) is 103 Å². The van der Waals surface area contributed by atoms with Gasteiger partial charge in [-0.2, -0.15) is 0 Å². The van der Waals surface area contributed by atoms with Crippen LogP contribution < -0.4 is 0 Å². The van der Waals surface area contributed by atoms with Gasteiger partial charge in [-0.15, -0.1) is 11.3 Å². The number of hydrogen-bond donors (Lipinski definition) is 0. The second kappa shape index (κ2) is 11.0. The number of fused-ring (bicyclic) bond motifs is 12. The van der Waals surface area contributed by atoms with Crippen LogP contribution in [0.15, 0.2) is 174 Å². The highest BCUT2D eigenvalue weighted by atomic mass is 32.1. The fourth-order valence-electron chi connectivity index (χ4n) is 7.91. The van der Waals surface area contributed by atoms with Crippen LogP contribution in [-0.2, 0) is 0 Å². The van der Waals surface area contributed by atoms with Gasteiger partial charge in [0, 0.05) is 48.4 Å². The summed E-state index contributed by atoms with van der Waals surface area (Å²) in [6.07, 6.45) is 0. The first-order valence-electron chi connectivity index (χ1n) is 17.2. The molecule has 7 aromatic carbocycles. The van der Waals surface area contributed by atoms with E-state index in [0.29, 0.717) is 0 Å². The van der Waals surface area contributed by atoms with Crippen molar-refractivity contribution < 1.29 is 4.42 Å². The summed E-state index contributed by atoms with van der Waals surface area (Å²) in [5.74, 6) is 0. The molecule has 3 nitrogen and oxygen atoms in total. The van der Waals surface area contributed by atoms with Crippen molar-refractivity contribution in [3.63, 3.8) is 0 Å². The molecule has 0 saturated heterocycles. The van der Waals surface area contributed by atoms with E-state index in [4.69, 9.17) is 9.40 Å². The summed E-state index contributed by atoms with van der Waals surface area (Å²) < 4.78 is 11.7. The molecule has 0 radical (unpaired) electrons. The second-order valence-electron chi connectivity index (χ2n) is 13.1. The molecule has 4 heteroatoms. The number of thiophene rings is 1. The van der Waals surface area contributed by atoms with Crippen molar-refractivity contribution in [3.05, 3.63) is 170 Å². The molecule has 4 aromatic heterocycles. The summed E-state index contributed by atoms with van der Waals surface area (Å²) in [5.41, 5.74) is 11.7. The predicted octanol–water partition coefficient (Wildman–Crippen LogP) is 13.4. The largest absolute Gasteiger partial charge is 0.454 e. The van der Waals surface area contributed by atoms with Gasteiger partial charge >= 0.3 is 0 Å². The van der Waals surface area contributed by atoms with Gasteiger partial charge in [0.25, 0.3) is 0 Å². The van der Waals surface area contributed by atoms with E-state index in [2.05, 4.69) is 162 Å². The normalized spacial score (nSPS) is 11.9. The van der Waals surface area contributed by atoms with Crippen LogP contribution >= 0.6 is 11.3 Å². The highest BCUT2D eigenvalue weighted by Crippen LogP contribution is 2.50. The Hall–Kier alpha value is -6.49. The van der Waals surface area contributed by atoms with Crippen LogP contribution in [0.3, 0.4) is 0 Å². The lowest BCUT2D eigenvalue weighted by Crippen LogP contribution is -1.95. The molecular formula is C47H28N2OS. The summed E-state index contributed by atoms with van der Waals surface area (Å²) >= 11 is 1.83. The number of benzene rings is 7. The zero-order chi connectivity index (χ0) is 33.5. The molecule has 0 bridgehead atoms. The Labute approximate surface area is 297 Å². The zero-order valence-corrected chi connectivity index (χ0v) is 28.2. The average Bonchev–Trinajstić information content (AvgIpc) is 3.88. The van der Waals surface area contributed by atoms with Gasteiger partial charge in [0.2, 0.25) is 0 Å². The number of hydrogen-bond acceptors (Lipinski definition) is 3. The van der Waals surface area contributed by atoms with Crippen LogP contribution in [0.5, 0.6) is 0 Å². The van der Waals surface area contributed by atoms with E-state index < -0.39 is 0 Å². The van der Waals surface area contributed by atoms with Crippen LogP contribution in [-0.4, -0.2) is 9.55 Å². The monoisotopic (exact) mass is 668 g/mol. The maximum absolute atomic E-state index is 6.75. The van der Waals surface area contributed by atoms with E-state index in [1.807, 2.05) is 23.5 Å². The Morgan fingerprint density at radius 2 is 1.08 bits per heavy atom. The van der Waals surface area contributed by atoms with E-state index in [-0.39, 0.29) is 0 Å². The molecule has 11 rings (SSSR count). The lowest BCUT2D eigenvalue weighted by molar-refractivity contribution is 0.673. The van der Waals surface area contributed by atoms with Crippen molar-refractivity contribution in [2.75, 3.05) is 0 Å². The fraction of sp³-hybridized carbons (Fsp3) is 0. The van der Waals surface area contributed by atoms with Gasteiger partial charge in [0.1, 0.15) is 5.58 Å². The van der Waals surface area contributed by atoms with Crippen molar-refractivity contribution >= 4 is 75.3 Å². The lowest BCUT2D eigenvalue weighted by atomic mass is 9.99. The third-order valence-corrected chi connectivity index (χ3v) is 11.4. The molecule has 0 spiro atoms. The van der Waals surface area contributed by atoms with E-state index in [0.717, 1.165) is 61.3 Å². The molecule has 4 heterocycles. The molecule has 0 amide bonds. The maximum Gasteiger partial charge on any atom is 0.155 e. The van der Waals surface area contributed by atoms with Crippen molar-refractivity contribution in [3.8, 4) is 39.3 Å². The molecule has 0 aliphatic heterocycles. The highest BCUT2D eigenvalue weighted by molar-refractivity contribution is 7.27. The van der Waals surface area contributed by atoms with Crippen LogP contribution in [0.2, 0.25) is 0 Å². The van der Waals surface area contributed by atoms with Gasteiger partial charge in [-0.3, -0.25) is 0 Å². The number of aromatic nitrogens is 2. The average molecular weight is 669 g/mol. The van der Waals surface area contributed by atoms with Crippen LogP contribution in [0, 0.1) is 0 Å². The van der Waals surface area contributed by atoms with Gasteiger partial charge in [0.15, 0.2) is 5.58 Å². The first-order chi connectivity index (χ1) is 25.3. The maximum atomic E-state index is 6.75. The number of pyridine rings is 1. The van der Waals surface area contributed by atoms with Crippen molar-refractivity contribution in [1.29, 1.82) is 0 Å². The third kappa shape index (κ3) is 4.27. The van der Waals surface area contributed by atoms with Gasteiger partial charge in [0.05, 0.1) is 32.5 Å². The highest BCUT2D eigenvalue weighted by Gasteiger charge is 2.25. The van der Waals surface area contributed by atoms with Gasteiger partial charge in [-0.1, -0.05) is 127 Å². The Morgan fingerprint density at radius 1 is 0.471 bits per heavy atom. The standard InChI is InChI=1S/C47H28N2OS/c1-3-13-30(14-4-1)37-27-32(28-38(48-37)31-15-5-2-6-16-31)29-23-25-33(26-24-29)49-39-20-10-7-17-34(39)42-43-36-19-9-12-22-41(36)51-47(43)46-44(45(42)49)35-18-8-11-21-40(35)50-46/h1-28H. The minimum absolute atomic E-state index is 0.909. The summed E-state index contributed by atoms with van der Waals surface area (Å²) in [6, 6.07) is 60.3. The van der Waals surface area contributed by atoms with E-state index in [1.165, 1.54) is 42.0 Å². The first-order valence-corrected chi connectivity index (χ1v) is 18.0. The first kappa shape index (κ1) is 28.4. The molecule has 0 unspecified atom stereocenters. The predicted molar refractivity (Wildman–Crippen MR) is 215 cm³/mol. The molecule has 51 heavy (non-hydrogen) atoms. The molecule has 0 aliphatic rings. The van der Waals surface area contributed by atoms with Crippen LogP contribution in [0.4, 0.5) is 0 Å². The SMILES string of the molecule is c1ccc(-c2cc(-c3ccc(-n4c5ccccc5c5c6c7ccccc7sc6c6oc7ccccc7c6c54)cc3)cc(-c3ccccc3)n2)cc1. The molecular weight excluding hydrogens is 641 g/mol. The van der Waals surface area contributed by atoms with Gasteiger partial charge in [-0.25, -0.2) is 4.98 Å². The topological polar surface area (TPSA) is 31.0 Å². The lowest BCUT2D eigenvalue weighted by Gasteiger charge is -2.12. The molecule has 0 aliphatic carbocycles. The number of nitrogens with zero attached hydrogens (tertiary/aromatic N) is 2. The second-order valence-corrected chi connectivity index (χ2v) is 14.1. The number of furan rings is 1. The molecule has 0 saturated carbocycles. The van der Waals surface area contributed by atoms with E-state index >= 15 is 0 Å². The minimum atomic E-state index is 0.909. The molecule has 0 atom stereocenters. The van der Waals surface area contributed by atoms with Gasteiger partial charge in [-0.05, 0) is 53.6 Å². The quantitative estimate of drug-likeness (QED) is 0.187.